The molecule has 1 atom stereocenters. The zero-order chi connectivity index (χ0) is 19.1. The van der Waals surface area contributed by atoms with Gasteiger partial charge in [0, 0.05) is 25.0 Å². The standard InChI is InChI=1S/C18H23ClFN3O2S.HI/c1-4-21-18(22-10-14(24)16-7-8-17(19)26-16)23(2)11-12-5-6-15(25-3)13(20)9-12;/h5-9,14,24H,4,10-11H2,1-3H3,(H,21,22);1H. The highest BCUT2D eigenvalue weighted by atomic mass is 127. The van der Waals surface area contributed by atoms with Gasteiger partial charge in [-0.2, -0.15) is 0 Å². The monoisotopic (exact) mass is 527 g/mol. The number of aliphatic imine (C=N–C) groups is 1. The van der Waals surface area contributed by atoms with Crippen molar-refractivity contribution in [3.63, 3.8) is 0 Å². The Hall–Kier alpha value is -1.10. The van der Waals surface area contributed by atoms with E-state index in [4.69, 9.17) is 16.3 Å². The predicted molar refractivity (Wildman–Crippen MR) is 120 cm³/mol. The molecule has 0 fully saturated rings. The Labute approximate surface area is 185 Å². The molecule has 0 aliphatic rings. The summed E-state index contributed by atoms with van der Waals surface area (Å²) in [4.78, 5) is 7.12. The molecule has 27 heavy (non-hydrogen) atoms. The molecule has 9 heteroatoms. The van der Waals surface area contributed by atoms with Crippen LogP contribution in [0.1, 0.15) is 23.5 Å². The van der Waals surface area contributed by atoms with Crippen molar-refractivity contribution in [1.82, 2.24) is 10.2 Å². The van der Waals surface area contributed by atoms with E-state index in [0.29, 0.717) is 23.4 Å². The summed E-state index contributed by atoms with van der Waals surface area (Å²) in [6.07, 6.45) is -0.715. The molecular weight excluding hydrogens is 504 g/mol. The van der Waals surface area contributed by atoms with Crippen molar-refractivity contribution in [2.24, 2.45) is 4.99 Å². The molecule has 0 saturated carbocycles. The second-order valence-corrected chi connectivity index (χ2v) is 7.42. The van der Waals surface area contributed by atoms with Gasteiger partial charge < -0.3 is 20.1 Å². The first-order chi connectivity index (χ1) is 12.4. The number of rotatable bonds is 7. The molecular formula is C18H24ClFIN3O2S. The number of benzene rings is 1. The van der Waals surface area contributed by atoms with Gasteiger partial charge in [-0.15, -0.1) is 35.3 Å². The number of hydrogen-bond donors (Lipinski definition) is 2. The Kier molecular flexibility index (Phi) is 10.4. The largest absolute Gasteiger partial charge is 0.494 e. The molecule has 1 aromatic heterocycles. The van der Waals surface area contributed by atoms with E-state index in [1.54, 1.807) is 18.2 Å². The number of aliphatic hydroxyl groups is 1. The molecule has 150 valence electrons. The third kappa shape index (κ3) is 7.10. The van der Waals surface area contributed by atoms with Crippen LogP contribution in [0.5, 0.6) is 5.75 Å². The third-order valence-electron chi connectivity index (χ3n) is 3.67. The van der Waals surface area contributed by atoms with E-state index >= 15 is 0 Å². The Morgan fingerprint density at radius 2 is 2.15 bits per heavy atom. The zero-order valence-electron chi connectivity index (χ0n) is 15.4. The van der Waals surface area contributed by atoms with Gasteiger partial charge in [0.25, 0.3) is 0 Å². The second kappa shape index (κ2) is 11.7. The summed E-state index contributed by atoms with van der Waals surface area (Å²) in [7, 11) is 3.30. The lowest BCUT2D eigenvalue weighted by Crippen LogP contribution is -2.38. The minimum Gasteiger partial charge on any atom is -0.494 e. The van der Waals surface area contributed by atoms with Gasteiger partial charge in [0.1, 0.15) is 6.10 Å². The smallest absolute Gasteiger partial charge is 0.194 e. The van der Waals surface area contributed by atoms with E-state index in [-0.39, 0.29) is 36.3 Å². The Bertz CT molecular complexity index is 760. The molecule has 0 saturated heterocycles. The van der Waals surface area contributed by atoms with Crippen molar-refractivity contribution in [3.05, 3.63) is 50.9 Å². The highest BCUT2D eigenvalue weighted by molar-refractivity contribution is 14.0. The van der Waals surface area contributed by atoms with Crippen LogP contribution in [0.2, 0.25) is 4.34 Å². The van der Waals surface area contributed by atoms with Crippen LogP contribution in [-0.4, -0.2) is 43.2 Å². The molecule has 0 amide bonds. The van der Waals surface area contributed by atoms with Crippen LogP contribution >= 0.6 is 46.9 Å². The van der Waals surface area contributed by atoms with Crippen molar-refractivity contribution in [2.75, 3.05) is 27.2 Å². The topological polar surface area (TPSA) is 57.1 Å². The highest BCUT2D eigenvalue weighted by Gasteiger charge is 2.13. The van der Waals surface area contributed by atoms with Crippen LogP contribution in [-0.2, 0) is 6.54 Å². The summed E-state index contributed by atoms with van der Waals surface area (Å²) in [6.45, 7) is 3.32. The van der Waals surface area contributed by atoms with Gasteiger partial charge in [0.05, 0.1) is 18.0 Å². The van der Waals surface area contributed by atoms with E-state index < -0.39 is 11.9 Å². The number of guanidine groups is 1. The SMILES string of the molecule is CCNC(=NCC(O)c1ccc(Cl)s1)N(C)Cc1ccc(OC)c(F)c1.I. The van der Waals surface area contributed by atoms with Gasteiger partial charge in [0.15, 0.2) is 17.5 Å². The second-order valence-electron chi connectivity index (χ2n) is 5.68. The van der Waals surface area contributed by atoms with E-state index in [1.165, 1.54) is 24.5 Å². The summed E-state index contributed by atoms with van der Waals surface area (Å²) >= 11 is 7.24. The van der Waals surface area contributed by atoms with Gasteiger partial charge in [-0.3, -0.25) is 4.99 Å². The molecule has 0 radical (unpaired) electrons. The lowest BCUT2D eigenvalue weighted by molar-refractivity contribution is 0.190. The first-order valence-electron chi connectivity index (χ1n) is 8.19. The van der Waals surface area contributed by atoms with Crippen LogP contribution in [0.25, 0.3) is 0 Å². The first kappa shape index (κ1) is 23.9. The van der Waals surface area contributed by atoms with Crippen molar-refractivity contribution in [1.29, 1.82) is 0 Å². The van der Waals surface area contributed by atoms with Crippen LogP contribution < -0.4 is 10.1 Å². The maximum Gasteiger partial charge on any atom is 0.194 e. The van der Waals surface area contributed by atoms with Gasteiger partial charge in [-0.1, -0.05) is 17.7 Å². The molecule has 1 unspecified atom stereocenters. The lowest BCUT2D eigenvalue weighted by atomic mass is 10.2. The maximum absolute atomic E-state index is 13.9. The number of aliphatic hydroxyl groups excluding tert-OH is 1. The molecule has 0 aliphatic carbocycles. The fraction of sp³-hybridized carbons (Fsp3) is 0.389. The summed E-state index contributed by atoms with van der Waals surface area (Å²) < 4.78 is 19.4. The Morgan fingerprint density at radius 1 is 1.41 bits per heavy atom. The number of thiophene rings is 1. The van der Waals surface area contributed by atoms with Crippen molar-refractivity contribution in [3.8, 4) is 5.75 Å². The van der Waals surface area contributed by atoms with Gasteiger partial charge >= 0.3 is 0 Å². The molecule has 1 aromatic carbocycles. The summed E-state index contributed by atoms with van der Waals surface area (Å²) in [5.74, 6) is 0.450. The van der Waals surface area contributed by atoms with Crippen LogP contribution in [0.4, 0.5) is 4.39 Å². The lowest BCUT2D eigenvalue weighted by Gasteiger charge is -2.22. The average Bonchev–Trinajstić information content (AvgIpc) is 3.05. The van der Waals surface area contributed by atoms with Crippen molar-refractivity contribution in [2.45, 2.75) is 19.6 Å². The van der Waals surface area contributed by atoms with Gasteiger partial charge in [0.2, 0.25) is 0 Å². The van der Waals surface area contributed by atoms with Gasteiger partial charge in [-0.25, -0.2) is 4.39 Å². The Morgan fingerprint density at radius 3 is 2.70 bits per heavy atom. The number of halogens is 3. The summed E-state index contributed by atoms with van der Waals surface area (Å²) in [5.41, 5.74) is 0.794. The fourth-order valence-corrected chi connectivity index (χ4v) is 3.44. The third-order valence-corrected chi connectivity index (χ3v) is 5.00. The van der Waals surface area contributed by atoms with E-state index in [1.807, 2.05) is 24.9 Å². The first-order valence-corrected chi connectivity index (χ1v) is 9.39. The summed E-state index contributed by atoms with van der Waals surface area (Å²) in [6, 6.07) is 8.41. The maximum atomic E-state index is 13.9. The van der Waals surface area contributed by atoms with Crippen LogP contribution in [0.3, 0.4) is 0 Å². The number of nitrogens with zero attached hydrogens (tertiary/aromatic N) is 2. The van der Waals surface area contributed by atoms with E-state index in [0.717, 1.165) is 10.4 Å². The van der Waals surface area contributed by atoms with Crippen molar-refractivity contribution >= 4 is 52.9 Å². The van der Waals surface area contributed by atoms with Crippen molar-refractivity contribution < 1.29 is 14.2 Å². The molecule has 1 heterocycles. The minimum atomic E-state index is -0.715. The number of methoxy groups -OCH3 is 1. The molecule has 2 aromatic rings. The number of nitrogens with one attached hydrogen (secondary N) is 1. The molecule has 5 nitrogen and oxygen atoms in total. The quantitative estimate of drug-likeness (QED) is 0.320. The number of hydrogen-bond acceptors (Lipinski definition) is 4. The van der Waals surface area contributed by atoms with E-state index in [2.05, 4.69) is 10.3 Å². The van der Waals surface area contributed by atoms with Crippen LogP contribution in [0.15, 0.2) is 35.3 Å². The predicted octanol–water partition coefficient (Wildman–Crippen LogP) is 4.30. The average molecular weight is 528 g/mol. The fourth-order valence-electron chi connectivity index (χ4n) is 2.40. The van der Waals surface area contributed by atoms with Gasteiger partial charge in [-0.05, 0) is 36.8 Å². The molecule has 0 spiro atoms. The molecule has 0 bridgehead atoms. The van der Waals surface area contributed by atoms with Crippen LogP contribution in [0, 0.1) is 5.82 Å². The zero-order valence-corrected chi connectivity index (χ0v) is 19.3. The molecule has 0 aliphatic heterocycles. The molecule has 2 N–H and O–H groups in total. The van der Waals surface area contributed by atoms with E-state index in [9.17, 15) is 9.50 Å². The minimum absolute atomic E-state index is 0. The summed E-state index contributed by atoms with van der Waals surface area (Å²) in [5, 5.41) is 13.4. The normalized spacial score (nSPS) is 12.3. The molecule has 2 rings (SSSR count). The number of ether oxygens (including phenoxy) is 1. The Balaban J connectivity index is 0.00000364. The highest BCUT2D eigenvalue weighted by Crippen LogP contribution is 2.27.